The summed E-state index contributed by atoms with van der Waals surface area (Å²) >= 11 is 3.40. The number of nitrogens with one attached hydrogen (secondary N) is 1. The Hall–Kier alpha value is -2.54. The second-order valence-corrected chi connectivity index (χ2v) is 6.27. The zero-order valence-corrected chi connectivity index (χ0v) is 14.5. The summed E-state index contributed by atoms with van der Waals surface area (Å²) < 4.78 is 6.46. The highest BCUT2D eigenvalue weighted by molar-refractivity contribution is 9.10. The van der Waals surface area contributed by atoms with Gasteiger partial charge in [0.2, 0.25) is 5.89 Å². The van der Waals surface area contributed by atoms with Gasteiger partial charge in [-0.2, -0.15) is 0 Å². The minimum Gasteiger partial charge on any atom is -0.412 e. The Labute approximate surface area is 147 Å². The van der Waals surface area contributed by atoms with Crippen molar-refractivity contribution in [1.82, 2.24) is 20.5 Å². The fourth-order valence-electron chi connectivity index (χ4n) is 2.24. The second kappa shape index (κ2) is 7.35. The Bertz CT molecular complexity index is 818. The molecular formula is C17H15BrN4O2. The highest BCUT2D eigenvalue weighted by atomic mass is 79.9. The highest BCUT2D eigenvalue weighted by Crippen LogP contribution is 2.16. The van der Waals surface area contributed by atoms with Crippen LogP contribution in [0.3, 0.4) is 0 Å². The fourth-order valence-corrected chi connectivity index (χ4v) is 2.50. The van der Waals surface area contributed by atoms with Gasteiger partial charge in [0.05, 0.1) is 0 Å². The van der Waals surface area contributed by atoms with Crippen molar-refractivity contribution in [2.75, 3.05) is 0 Å². The molecular weight excluding hydrogens is 372 g/mol. The van der Waals surface area contributed by atoms with E-state index in [-0.39, 0.29) is 17.8 Å². The van der Waals surface area contributed by atoms with Gasteiger partial charge in [-0.15, -0.1) is 10.2 Å². The van der Waals surface area contributed by atoms with Gasteiger partial charge in [-0.05, 0) is 43.2 Å². The van der Waals surface area contributed by atoms with Crippen molar-refractivity contribution in [2.24, 2.45) is 0 Å². The topological polar surface area (TPSA) is 80.9 Å². The van der Waals surface area contributed by atoms with E-state index in [2.05, 4.69) is 36.4 Å². The normalized spacial score (nSPS) is 11.9. The third-order valence-electron chi connectivity index (χ3n) is 3.38. The maximum absolute atomic E-state index is 12.2. The Kier molecular flexibility index (Phi) is 5.00. The lowest BCUT2D eigenvalue weighted by molar-refractivity contribution is 0.0905. The van der Waals surface area contributed by atoms with E-state index in [1.165, 1.54) is 0 Å². The number of aromatic nitrogens is 3. The number of hydrogen-bond donors (Lipinski definition) is 1. The molecule has 1 aromatic carbocycles. The summed E-state index contributed by atoms with van der Waals surface area (Å²) in [5.41, 5.74) is 1.86. The van der Waals surface area contributed by atoms with Crippen LogP contribution in [0.15, 0.2) is 57.7 Å². The maximum Gasteiger partial charge on any atom is 0.309 e. The maximum atomic E-state index is 12.2. The van der Waals surface area contributed by atoms with Crippen molar-refractivity contribution in [3.8, 4) is 11.5 Å². The van der Waals surface area contributed by atoms with Gasteiger partial charge in [-0.25, -0.2) is 0 Å². The lowest BCUT2D eigenvalue weighted by Gasteiger charge is -2.12. The van der Waals surface area contributed by atoms with E-state index < -0.39 is 0 Å². The van der Waals surface area contributed by atoms with E-state index in [0.29, 0.717) is 12.3 Å². The Balaban J connectivity index is 1.62. The number of hydrogen-bond acceptors (Lipinski definition) is 5. The monoisotopic (exact) mass is 386 g/mol. The van der Waals surface area contributed by atoms with E-state index in [0.717, 1.165) is 15.6 Å². The summed E-state index contributed by atoms with van der Waals surface area (Å²) in [5, 5.41) is 10.6. The average Bonchev–Trinajstić information content (AvgIpc) is 3.08. The van der Waals surface area contributed by atoms with Crippen molar-refractivity contribution in [3.63, 3.8) is 0 Å². The minimum absolute atomic E-state index is 0.0514. The van der Waals surface area contributed by atoms with Gasteiger partial charge in [-0.1, -0.05) is 28.1 Å². The SMILES string of the molecule is C[C@H](Cc1ccc(Br)cc1)NC(=O)c1nnc(-c2ccncc2)o1. The molecule has 0 radical (unpaired) electrons. The lowest BCUT2D eigenvalue weighted by atomic mass is 10.1. The van der Waals surface area contributed by atoms with Crippen LogP contribution in [-0.2, 0) is 6.42 Å². The fraction of sp³-hybridized carbons (Fsp3) is 0.176. The molecule has 0 aliphatic rings. The first-order chi connectivity index (χ1) is 11.6. The third kappa shape index (κ3) is 4.05. The summed E-state index contributed by atoms with van der Waals surface area (Å²) in [6, 6.07) is 11.4. The number of carbonyl (C=O) groups is 1. The molecule has 1 atom stereocenters. The van der Waals surface area contributed by atoms with Gasteiger partial charge in [-0.3, -0.25) is 9.78 Å². The van der Waals surface area contributed by atoms with Crippen LogP contribution in [-0.4, -0.2) is 27.1 Å². The van der Waals surface area contributed by atoms with E-state index >= 15 is 0 Å². The predicted molar refractivity (Wildman–Crippen MR) is 92.3 cm³/mol. The number of halogens is 1. The van der Waals surface area contributed by atoms with Crippen LogP contribution >= 0.6 is 15.9 Å². The molecule has 0 aliphatic carbocycles. The van der Waals surface area contributed by atoms with Gasteiger partial charge in [0.1, 0.15) is 0 Å². The molecule has 122 valence electrons. The zero-order valence-electron chi connectivity index (χ0n) is 12.9. The van der Waals surface area contributed by atoms with Gasteiger partial charge < -0.3 is 9.73 Å². The van der Waals surface area contributed by atoms with Gasteiger partial charge in [0, 0.05) is 28.5 Å². The largest absolute Gasteiger partial charge is 0.412 e. The summed E-state index contributed by atoms with van der Waals surface area (Å²) in [6.45, 7) is 1.93. The molecule has 0 aliphatic heterocycles. The molecule has 7 heteroatoms. The van der Waals surface area contributed by atoms with Gasteiger partial charge in [0.25, 0.3) is 0 Å². The van der Waals surface area contributed by atoms with Crippen LogP contribution in [0.2, 0.25) is 0 Å². The minimum atomic E-state index is -0.382. The number of nitrogens with zero attached hydrogens (tertiary/aromatic N) is 3. The molecule has 1 N–H and O–H groups in total. The standard InChI is InChI=1S/C17H15BrN4O2/c1-11(10-12-2-4-14(18)5-3-12)20-15(23)17-22-21-16(24-17)13-6-8-19-9-7-13/h2-9,11H,10H2,1H3,(H,20,23)/t11-/m1/s1. The van der Waals surface area contributed by atoms with Crippen LogP contribution < -0.4 is 5.32 Å². The summed E-state index contributed by atoms with van der Waals surface area (Å²) in [6.07, 6.45) is 3.96. The first-order valence-corrected chi connectivity index (χ1v) is 8.20. The molecule has 1 amide bonds. The average molecular weight is 387 g/mol. The molecule has 6 nitrogen and oxygen atoms in total. The number of pyridine rings is 1. The van der Waals surface area contributed by atoms with Crippen LogP contribution in [0, 0.1) is 0 Å². The summed E-state index contributed by atoms with van der Waals surface area (Å²) in [5.74, 6) is -0.139. The molecule has 3 aromatic rings. The number of rotatable bonds is 5. The Morgan fingerprint density at radius 1 is 1.17 bits per heavy atom. The number of amides is 1. The highest BCUT2D eigenvalue weighted by Gasteiger charge is 2.17. The molecule has 0 spiro atoms. The first kappa shape index (κ1) is 16.3. The third-order valence-corrected chi connectivity index (χ3v) is 3.91. The Morgan fingerprint density at radius 2 is 1.88 bits per heavy atom. The molecule has 2 heterocycles. The lowest BCUT2D eigenvalue weighted by Crippen LogP contribution is -2.34. The van der Waals surface area contributed by atoms with Crippen LogP contribution in [0.25, 0.3) is 11.5 Å². The van der Waals surface area contributed by atoms with E-state index in [4.69, 9.17) is 4.42 Å². The Morgan fingerprint density at radius 3 is 2.58 bits per heavy atom. The molecule has 0 saturated carbocycles. The summed E-state index contributed by atoms with van der Waals surface area (Å²) in [7, 11) is 0. The van der Waals surface area contributed by atoms with Crippen molar-refractivity contribution >= 4 is 21.8 Å². The quantitative estimate of drug-likeness (QED) is 0.727. The summed E-state index contributed by atoms with van der Waals surface area (Å²) in [4.78, 5) is 16.1. The van der Waals surface area contributed by atoms with E-state index in [9.17, 15) is 4.79 Å². The van der Waals surface area contributed by atoms with E-state index in [1.54, 1.807) is 24.5 Å². The number of benzene rings is 1. The molecule has 2 aromatic heterocycles. The van der Waals surface area contributed by atoms with Crippen LogP contribution in [0.4, 0.5) is 0 Å². The van der Waals surface area contributed by atoms with Gasteiger partial charge in [0.15, 0.2) is 0 Å². The molecule has 0 bridgehead atoms. The second-order valence-electron chi connectivity index (χ2n) is 5.35. The number of carbonyl (C=O) groups excluding carboxylic acids is 1. The van der Waals surface area contributed by atoms with Crippen molar-refractivity contribution < 1.29 is 9.21 Å². The first-order valence-electron chi connectivity index (χ1n) is 7.41. The van der Waals surface area contributed by atoms with Crippen LogP contribution in [0.1, 0.15) is 23.2 Å². The predicted octanol–water partition coefficient (Wildman–Crippen LogP) is 3.26. The molecule has 24 heavy (non-hydrogen) atoms. The van der Waals surface area contributed by atoms with Crippen molar-refractivity contribution in [2.45, 2.75) is 19.4 Å². The molecule has 0 saturated heterocycles. The zero-order chi connectivity index (χ0) is 16.9. The molecule has 3 rings (SSSR count). The van der Waals surface area contributed by atoms with Crippen molar-refractivity contribution in [1.29, 1.82) is 0 Å². The van der Waals surface area contributed by atoms with Crippen LogP contribution in [0.5, 0.6) is 0 Å². The van der Waals surface area contributed by atoms with Crippen molar-refractivity contribution in [3.05, 3.63) is 64.7 Å². The van der Waals surface area contributed by atoms with Gasteiger partial charge >= 0.3 is 11.8 Å². The smallest absolute Gasteiger partial charge is 0.309 e. The van der Waals surface area contributed by atoms with E-state index in [1.807, 2.05) is 31.2 Å². The molecule has 0 unspecified atom stereocenters. The molecule has 0 fully saturated rings.